The molecule has 0 atom stereocenters. The van der Waals surface area contributed by atoms with E-state index in [1.807, 2.05) is 67.6 Å². The zero-order valence-electron chi connectivity index (χ0n) is 18.7. The van der Waals surface area contributed by atoms with Crippen LogP contribution in [-0.2, 0) is 17.9 Å². The average Bonchev–Trinajstić information content (AvgIpc) is 2.86. The lowest BCUT2D eigenvalue weighted by Crippen LogP contribution is -2.23. The van der Waals surface area contributed by atoms with Crippen LogP contribution in [0.15, 0.2) is 78.4 Å². The molecule has 0 spiro atoms. The Kier molecular flexibility index (Phi) is 8.49. The Bertz CT molecular complexity index is 1130. The predicted octanol–water partition coefficient (Wildman–Crippen LogP) is 4.90. The molecule has 0 fully saturated rings. The van der Waals surface area contributed by atoms with E-state index in [1.165, 1.54) is 6.08 Å². The zero-order chi connectivity index (χ0) is 23.5. The monoisotopic (exact) mass is 442 g/mol. The number of methoxy groups -OCH3 is 1. The molecule has 0 aliphatic heterocycles. The summed E-state index contributed by atoms with van der Waals surface area (Å²) >= 11 is 0. The number of benzene rings is 3. The van der Waals surface area contributed by atoms with Gasteiger partial charge in [0.2, 0.25) is 0 Å². The Morgan fingerprint density at radius 1 is 0.970 bits per heavy atom. The van der Waals surface area contributed by atoms with Crippen LogP contribution in [0.3, 0.4) is 0 Å². The number of nitrogens with one attached hydrogen (secondary N) is 1. The molecule has 0 radical (unpaired) electrons. The fourth-order valence-electron chi connectivity index (χ4n) is 3.07. The van der Waals surface area contributed by atoms with Crippen LogP contribution in [-0.4, -0.2) is 19.6 Å². The van der Waals surface area contributed by atoms with Crippen molar-refractivity contribution in [3.63, 3.8) is 0 Å². The van der Waals surface area contributed by atoms with Gasteiger partial charge < -0.3 is 19.5 Å². The molecule has 1 amide bonds. The lowest BCUT2D eigenvalue weighted by molar-refractivity contribution is -0.117. The van der Waals surface area contributed by atoms with E-state index in [4.69, 9.17) is 14.2 Å². The smallest absolute Gasteiger partial charge is 0.262 e. The first-order valence-electron chi connectivity index (χ1n) is 10.6. The van der Waals surface area contributed by atoms with Crippen LogP contribution < -0.4 is 19.5 Å². The van der Waals surface area contributed by atoms with Gasteiger partial charge >= 0.3 is 0 Å². The van der Waals surface area contributed by atoms with Gasteiger partial charge in [-0.1, -0.05) is 48.5 Å². The lowest BCUT2D eigenvalue weighted by Gasteiger charge is -2.13. The molecule has 0 aromatic heterocycles. The SMILES string of the molecule is CCOc1cc(/C=C(/C#N)C(=O)NCc2ccc(OC)cc2)ccc1OCc1ccccc1. The van der Waals surface area contributed by atoms with Crippen LogP contribution in [0.1, 0.15) is 23.6 Å². The summed E-state index contributed by atoms with van der Waals surface area (Å²) in [5.41, 5.74) is 2.62. The Hall–Kier alpha value is -4.24. The number of nitriles is 1. The molecule has 3 aromatic carbocycles. The Labute approximate surface area is 194 Å². The van der Waals surface area contributed by atoms with E-state index in [-0.39, 0.29) is 5.57 Å². The fraction of sp³-hybridized carbons (Fsp3) is 0.185. The minimum Gasteiger partial charge on any atom is -0.497 e. The molecule has 6 heteroatoms. The zero-order valence-corrected chi connectivity index (χ0v) is 18.7. The molecule has 0 bridgehead atoms. The van der Waals surface area contributed by atoms with Gasteiger partial charge in [-0.3, -0.25) is 4.79 Å². The Balaban J connectivity index is 1.69. The number of rotatable bonds is 10. The highest BCUT2D eigenvalue weighted by Crippen LogP contribution is 2.30. The maximum atomic E-state index is 12.5. The minimum absolute atomic E-state index is 0.00362. The lowest BCUT2D eigenvalue weighted by atomic mass is 10.1. The third-order valence-corrected chi connectivity index (χ3v) is 4.79. The third-order valence-electron chi connectivity index (χ3n) is 4.79. The summed E-state index contributed by atoms with van der Waals surface area (Å²) in [5, 5.41) is 12.3. The number of hydrogen-bond donors (Lipinski definition) is 1. The first-order chi connectivity index (χ1) is 16.1. The Morgan fingerprint density at radius 3 is 2.39 bits per heavy atom. The van der Waals surface area contributed by atoms with Crippen molar-refractivity contribution in [2.24, 2.45) is 0 Å². The fourth-order valence-corrected chi connectivity index (χ4v) is 3.07. The maximum absolute atomic E-state index is 12.5. The summed E-state index contributed by atoms with van der Waals surface area (Å²) in [5.74, 6) is 1.44. The molecule has 3 rings (SSSR count). The molecular formula is C27H26N2O4. The van der Waals surface area contributed by atoms with Crippen molar-refractivity contribution in [1.82, 2.24) is 5.32 Å². The largest absolute Gasteiger partial charge is 0.497 e. The van der Waals surface area contributed by atoms with Crippen LogP contribution in [0.4, 0.5) is 0 Å². The van der Waals surface area contributed by atoms with Crippen LogP contribution in [0.25, 0.3) is 6.08 Å². The number of amides is 1. The highest BCUT2D eigenvalue weighted by Gasteiger charge is 2.11. The van der Waals surface area contributed by atoms with Crippen molar-refractivity contribution in [3.8, 4) is 23.3 Å². The summed E-state index contributed by atoms with van der Waals surface area (Å²) in [6, 6.07) is 24.5. The van der Waals surface area contributed by atoms with Crippen LogP contribution in [0.5, 0.6) is 17.2 Å². The van der Waals surface area contributed by atoms with Crippen LogP contribution >= 0.6 is 0 Å². The van der Waals surface area contributed by atoms with Gasteiger partial charge in [-0.05, 0) is 54.0 Å². The highest BCUT2D eigenvalue weighted by molar-refractivity contribution is 6.01. The number of ether oxygens (including phenoxy) is 3. The Morgan fingerprint density at radius 2 is 1.73 bits per heavy atom. The molecule has 33 heavy (non-hydrogen) atoms. The van der Waals surface area contributed by atoms with Crippen molar-refractivity contribution >= 4 is 12.0 Å². The predicted molar refractivity (Wildman–Crippen MR) is 127 cm³/mol. The number of carbonyl (C=O) groups excluding carboxylic acids is 1. The quantitative estimate of drug-likeness (QED) is 0.357. The minimum atomic E-state index is -0.448. The van der Waals surface area contributed by atoms with Gasteiger partial charge in [0.05, 0.1) is 13.7 Å². The molecule has 0 aliphatic rings. The van der Waals surface area contributed by atoms with Crippen molar-refractivity contribution in [2.75, 3.05) is 13.7 Å². The summed E-state index contributed by atoms with van der Waals surface area (Å²) in [6.45, 7) is 3.06. The highest BCUT2D eigenvalue weighted by atomic mass is 16.5. The second kappa shape index (κ2) is 12.0. The number of carbonyl (C=O) groups is 1. The molecular weight excluding hydrogens is 416 g/mol. The van der Waals surface area contributed by atoms with Gasteiger partial charge in [0.25, 0.3) is 5.91 Å². The topological polar surface area (TPSA) is 80.6 Å². The van der Waals surface area contributed by atoms with Gasteiger partial charge in [-0.25, -0.2) is 0 Å². The van der Waals surface area contributed by atoms with E-state index >= 15 is 0 Å². The molecule has 0 saturated carbocycles. The molecule has 0 unspecified atom stereocenters. The first-order valence-corrected chi connectivity index (χ1v) is 10.6. The van der Waals surface area contributed by atoms with E-state index < -0.39 is 5.91 Å². The second-order valence-electron chi connectivity index (χ2n) is 7.11. The van der Waals surface area contributed by atoms with E-state index in [0.29, 0.717) is 36.8 Å². The molecule has 168 valence electrons. The van der Waals surface area contributed by atoms with E-state index in [0.717, 1.165) is 16.9 Å². The summed E-state index contributed by atoms with van der Waals surface area (Å²) < 4.78 is 16.8. The molecule has 1 N–H and O–H groups in total. The molecule has 3 aromatic rings. The first kappa shape index (κ1) is 23.4. The molecule has 6 nitrogen and oxygen atoms in total. The molecule has 0 saturated heterocycles. The maximum Gasteiger partial charge on any atom is 0.262 e. The van der Waals surface area contributed by atoms with E-state index in [9.17, 15) is 10.1 Å². The van der Waals surface area contributed by atoms with Crippen molar-refractivity contribution < 1.29 is 19.0 Å². The van der Waals surface area contributed by atoms with Gasteiger partial charge in [0.1, 0.15) is 24.0 Å². The molecule has 0 heterocycles. The van der Waals surface area contributed by atoms with Gasteiger partial charge in [0.15, 0.2) is 11.5 Å². The number of nitrogens with zero attached hydrogens (tertiary/aromatic N) is 1. The van der Waals surface area contributed by atoms with Crippen LogP contribution in [0, 0.1) is 11.3 Å². The normalized spacial score (nSPS) is 10.8. The number of hydrogen-bond acceptors (Lipinski definition) is 5. The second-order valence-corrected chi connectivity index (χ2v) is 7.11. The van der Waals surface area contributed by atoms with Crippen molar-refractivity contribution in [3.05, 3.63) is 95.1 Å². The average molecular weight is 443 g/mol. The molecule has 0 aliphatic carbocycles. The summed E-state index contributed by atoms with van der Waals surface area (Å²) in [7, 11) is 1.60. The summed E-state index contributed by atoms with van der Waals surface area (Å²) in [4.78, 5) is 12.5. The van der Waals surface area contributed by atoms with Gasteiger partial charge in [-0.15, -0.1) is 0 Å². The van der Waals surface area contributed by atoms with Crippen molar-refractivity contribution in [1.29, 1.82) is 5.26 Å². The van der Waals surface area contributed by atoms with Gasteiger partial charge in [-0.2, -0.15) is 5.26 Å². The third kappa shape index (κ3) is 6.88. The standard InChI is InChI=1S/C27H26N2O4/c1-3-32-26-16-22(11-14-25(26)33-19-21-7-5-4-6-8-21)15-23(17-28)27(30)29-18-20-9-12-24(31-2)13-10-20/h4-16H,3,18-19H2,1-2H3,(H,29,30)/b23-15-. The summed E-state index contributed by atoms with van der Waals surface area (Å²) in [6.07, 6.45) is 1.53. The van der Waals surface area contributed by atoms with E-state index in [2.05, 4.69) is 5.32 Å². The van der Waals surface area contributed by atoms with Crippen LogP contribution in [0.2, 0.25) is 0 Å². The van der Waals surface area contributed by atoms with Gasteiger partial charge in [0, 0.05) is 6.54 Å². The van der Waals surface area contributed by atoms with E-state index in [1.54, 1.807) is 25.3 Å². The van der Waals surface area contributed by atoms with Crippen molar-refractivity contribution in [2.45, 2.75) is 20.1 Å².